The van der Waals surface area contributed by atoms with Crippen LogP contribution in [-0.4, -0.2) is 41.8 Å². The van der Waals surface area contributed by atoms with Gasteiger partial charge in [0.05, 0.1) is 19.1 Å². The number of likely N-dealkylation sites (N-methyl/N-ethyl adjacent to an activating group) is 1. The fourth-order valence-corrected chi connectivity index (χ4v) is 2.69. The van der Waals surface area contributed by atoms with E-state index < -0.39 is 11.9 Å². The van der Waals surface area contributed by atoms with Crippen molar-refractivity contribution in [2.45, 2.75) is 19.5 Å². The number of ether oxygens (including phenoxy) is 1. The van der Waals surface area contributed by atoms with Crippen molar-refractivity contribution in [3.63, 3.8) is 0 Å². The van der Waals surface area contributed by atoms with Crippen molar-refractivity contribution < 1.29 is 14.6 Å². The smallest absolute Gasteiger partial charge is 0.310 e. The summed E-state index contributed by atoms with van der Waals surface area (Å²) < 4.78 is 5.33. The van der Waals surface area contributed by atoms with Crippen LogP contribution in [0.1, 0.15) is 12.5 Å². The molecule has 2 rings (SSSR count). The first kappa shape index (κ1) is 14.3. The number of carboxylic acid groups (broad SMARTS) is 1. The van der Waals surface area contributed by atoms with Crippen molar-refractivity contribution in [1.29, 1.82) is 0 Å². The van der Waals surface area contributed by atoms with Crippen LogP contribution in [0.3, 0.4) is 0 Å². The molecule has 1 fully saturated rings. The molecule has 1 aliphatic heterocycles. The largest absolute Gasteiger partial charge is 0.481 e. The fraction of sp³-hybridized carbons (Fsp3) is 0.500. The first-order valence-electron chi connectivity index (χ1n) is 6.41. The van der Waals surface area contributed by atoms with Crippen LogP contribution in [0.4, 0.5) is 0 Å². The second-order valence-corrected chi connectivity index (χ2v) is 5.18. The molecule has 0 aliphatic carbocycles. The number of hydrogen-bond donors (Lipinski definition) is 1. The van der Waals surface area contributed by atoms with E-state index in [2.05, 4.69) is 4.90 Å². The van der Waals surface area contributed by atoms with Gasteiger partial charge in [0.15, 0.2) is 0 Å². The van der Waals surface area contributed by atoms with Gasteiger partial charge in [0.2, 0.25) is 0 Å². The first-order valence-corrected chi connectivity index (χ1v) is 6.78. The van der Waals surface area contributed by atoms with E-state index >= 15 is 0 Å². The van der Waals surface area contributed by atoms with Crippen LogP contribution in [0.5, 0.6) is 0 Å². The Hall–Kier alpha value is -1.10. The quantitative estimate of drug-likeness (QED) is 0.901. The van der Waals surface area contributed by atoms with Crippen LogP contribution in [0.2, 0.25) is 5.02 Å². The Balaban J connectivity index is 2.09. The van der Waals surface area contributed by atoms with Gasteiger partial charge in [-0.15, -0.1) is 0 Å². The van der Waals surface area contributed by atoms with Gasteiger partial charge in [0.1, 0.15) is 0 Å². The molecule has 104 valence electrons. The molecule has 0 radical (unpaired) electrons. The fourth-order valence-electron chi connectivity index (χ4n) is 2.47. The molecule has 5 heteroatoms. The van der Waals surface area contributed by atoms with Crippen LogP contribution in [-0.2, 0) is 16.1 Å². The lowest BCUT2D eigenvalue weighted by atomic mass is 10.0. The Morgan fingerprint density at radius 1 is 1.53 bits per heavy atom. The summed E-state index contributed by atoms with van der Waals surface area (Å²) >= 11 is 5.97. The molecule has 1 aromatic rings. The lowest BCUT2D eigenvalue weighted by Crippen LogP contribution is -2.42. The van der Waals surface area contributed by atoms with E-state index in [4.69, 9.17) is 16.3 Å². The molecule has 1 aliphatic rings. The number of rotatable bonds is 5. The predicted molar refractivity (Wildman–Crippen MR) is 73.3 cm³/mol. The van der Waals surface area contributed by atoms with Gasteiger partial charge in [-0.1, -0.05) is 30.7 Å². The molecule has 0 bridgehead atoms. The number of carbonyl (C=O) groups is 1. The number of hydrogen-bond acceptors (Lipinski definition) is 3. The lowest BCUT2D eigenvalue weighted by Gasteiger charge is -2.29. The zero-order chi connectivity index (χ0) is 13.8. The minimum Gasteiger partial charge on any atom is -0.481 e. The average Bonchev–Trinajstić information content (AvgIpc) is 2.85. The summed E-state index contributed by atoms with van der Waals surface area (Å²) in [6.07, 6.45) is 0. The maximum atomic E-state index is 11.2. The third-order valence-electron chi connectivity index (χ3n) is 3.52. The maximum Gasteiger partial charge on any atom is 0.310 e. The molecule has 4 nitrogen and oxygen atoms in total. The summed E-state index contributed by atoms with van der Waals surface area (Å²) in [6.45, 7) is 4.28. The minimum atomic E-state index is -0.785. The van der Waals surface area contributed by atoms with Crippen molar-refractivity contribution in [2.24, 2.45) is 5.92 Å². The van der Waals surface area contributed by atoms with Gasteiger partial charge in [-0.3, -0.25) is 9.69 Å². The van der Waals surface area contributed by atoms with Crippen molar-refractivity contribution in [1.82, 2.24) is 4.90 Å². The Bertz CT molecular complexity index is 452. The van der Waals surface area contributed by atoms with Gasteiger partial charge in [-0.05, 0) is 24.2 Å². The molecule has 1 heterocycles. The number of aliphatic carboxylic acids is 1. The topological polar surface area (TPSA) is 49.8 Å². The van der Waals surface area contributed by atoms with Gasteiger partial charge in [-0.25, -0.2) is 0 Å². The molecule has 19 heavy (non-hydrogen) atoms. The molecular formula is C14H18ClNO3. The van der Waals surface area contributed by atoms with Gasteiger partial charge in [0.25, 0.3) is 0 Å². The lowest BCUT2D eigenvalue weighted by molar-refractivity contribution is -0.143. The highest BCUT2D eigenvalue weighted by Crippen LogP contribution is 2.22. The number of nitrogens with zero attached hydrogens (tertiary/aromatic N) is 1. The Morgan fingerprint density at radius 3 is 2.95 bits per heavy atom. The van der Waals surface area contributed by atoms with Gasteiger partial charge < -0.3 is 9.84 Å². The molecule has 2 atom stereocenters. The number of benzene rings is 1. The first-order chi connectivity index (χ1) is 9.11. The standard InChI is InChI=1S/C14H18ClNO3/c1-2-16(7-10-4-3-5-11(15)6-10)13-9-19-8-12(13)14(17)18/h3-6,12-13H,2,7-9H2,1H3,(H,17,18). The van der Waals surface area contributed by atoms with Crippen molar-refractivity contribution in [2.75, 3.05) is 19.8 Å². The van der Waals surface area contributed by atoms with Crippen LogP contribution in [0.25, 0.3) is 0 Å². The molecule has 0 spiro atoms. The highest BCUT2D eigenvalue weighted by molar-refractivity contribution is 6.30. The second-order valence-electron chi connectivity index (χ2n) is 4.74. The normalized spacial score (nSPS) is 22.9. The maximum absolute atomic E-state index is 11.2. The van der Waals surface area contributed by atoms with E-state index in [1.165, 1.54) is 0 Å². The highest BCUT2D eigenvalue weighted by atomic mass is 35.5. The zero-order valence-corrected chi connectivity index (χ0v) is 11.6. The van der Waals surface area contributed by atoms with E-state index in [1.807, 2.05) is 31.2 Å². The van der Waals surface area contributed by atoms with Crippen molar-refractivity contribution in [3.8, 4) is 0 Å². The zero-order valence-electron chi connectivity index (χ0n) is 10.9. The van der Waals surface area contributed by atoms with Crippen LogP contribution < -0.4 is 0 Å². The predicted octanol–water partition coefficient (Wildman–Crippen LogP) is 2.26. The molecule has 0 aromatic heterocycles. The SMILES string of the molecule is CCN(Cc1cccc(Cl)c1)C1COCC1C(=O)O. The Kier molecular flexibility index (Phi) is 4.80. The molecular weight excluding hydrogens is 266 g/mol. The van der Waals surface area contributed by atoms with Gasteiger partial charge in [0, 0.05) is 17.6 Å². The molecule has 2 unspecified atom stereocenters. The van der Waals surface area contributed by atoms with Crippen LogP contribution in [0.15, 0.2) is 24.3 Å². The third-order valence-corrected chi connectivity index (χ3v) is 3.75. The second kappa shape index (κ2) is 6.37. The molecule has 0 saturated carbocycles. The minimum absolute atomic E-state index is 0.0681. The van der Waals surface area contributed by atoms with Crippen molar-refractivity contribution in [3.05, 3.63) is 34.9 Å². The average molecular weight is 284 g/mol. The molecule has 1 aromatic carbocycles. The van der Waals surface area contributed by atoms with Crippen LogP contribution in [0, 0.1) is 5.92 Å². The summed E-state index contributed by atoms with van der Waals surface area (Å²) in [5.41, 5.74) is 1.09. The molecule has 0 amide bonds. The Labute approximate surface area is 117 Å². The third kappa shape index (κ3) is 3.47. The summed E-state index contributed by atoms with van der Waals surface area (Å²) in [6, 6.07) is 7.59. The van der Waals surface area contributed by atoms with E-state index in [0.29, 0.717) is 24.8 Å². The Morgan fingerprint density at radius 2 is 2.32 bits per heavy atom. The molecule has 1 N–H and O–H groups in total. The van der Waals surface area contributed by atoms with E-state index in [0.717, 1.165) is 12.1 Å². The highest BCUT2D eigenvalue weighted by Gasteiger charge is 2.37. The van der Waals surface area contributed by atoms with Crippen molar-refractivity contribution >= 4 is 17.6 Å². The number of halogens is 1. The summed E-state index contributed by atoms with van der Waals surface area (Å²) in [4.78, 5) is 13.3. The van der Waals surface area contributed by atoms with Gasteiger partial charge >= 0.3 is 5.97 Å². The summed E-state index contributed by atoms with van der Waals surface area (Å²) in [7, 11) is 0. The van der Waals surface area contributed by atoms with Gasteiger partial charge in [-0.2, -0.15) is 0 Å². The van der Waals surface area contributed by atoms with E-state index in [9.17, 15) is 9.90 Å². The summed E-state index contributed by atoms with van der Waals surface area (Å²) in [5, 5.41) is 9.91. The summed E-state index contributed by atoms with van der Waals surface area (Å²) in [5.74, 6) is -1.23. The van der Waals surface area contributed by atoms with E-state index in [1.54, 1.807) is 0 Å². The molecule has 1 saturated heterocycles. The van der Waals surface area contributed by atoms with E-state index in [-0.39, 0.29) is 6.04 Å². The van der Waals surface area contributed by atoms with Crippen LogP contribution >= 0.6 is 11.6 Å². The number of carboxylic acids is 1. The monoisotopic (exact) mass is 283 g/mol.